The highest BCUT2D eigenvalue weighted by atomic mass is 32.2. The lowest BCUT2D eigenvalue weighted by Gasteiger charge is -2.10. The third kappa shape index (κ3) is 2.01. The molecule has 0 aliphatic carbocycles. The normalized spacial score (nSPS) is 11.3. The molecule has 0 spiro atoms. The van der Waals surface area contributed by atoms with Crippen LogP contribution in [0.1, 0.15) is 0 Å². The van der Waals surface area contributed by atoms with Crippen LogP contribution in [0.2, 0.25) is 0 Å². The van der Waals surface area contributed by atoms with E-state index in [1.54, 1.807) is 11.8 Å². The van der Waals surface area contributed by atoms with Crippen molar-refractivity contribution in [3.63, 3.8) is 0 Å². The summed E-state index contributed by atoms with van der Waals surface area (Å²) in [6.45, 7) is 0. The summed E-state index contributed by atoms with van der Waals surface area (Å²) >= 11 is 1.74. The van der Waals surface area contributed by atoms with E-state index in [2.05, 4.69) is 70.4 Å². The van der Waals surface area contributed by atoms with Crippen LogP contribution in [0.25, 0.3) is 27.7 Å². The van der Waals surface area contributed by atoms with Gasteiger partial charge in [0.05, 0.1) is 17.2 Å². The largest absolute Gasteiger partial charge is 0.313 e. The molecular formula is C18H14N2S. The zero-order valence-electron chi connectivity index (χ0n) is 11.7. The Balaban J connectivity index is 2.10. The van der Waals surface area contributed by atoms with E-state index in [1.807, 2.05) is 12.3 Å². The van der Waals surface area contributed by atoms with Crippen LogP contribution in [-0.4, -0.2) is 15.6 Å². The van der Waals surface area contributed by atoms with E-state index in [4.69, 9.17) is 0 Å². The van der Waals surface area contributed by atoms with Crippen molar-refractivity contribution in [3.05, 3.63) is 67.0 Å². The van der Waals surface area contributed by atoms with Gasteiger partial charge >= 0.3 is 0 Å². The number of aromatic nitrogens is 2. The third-order valence-corrected chi connectivity index (χ3v) is 4.50. The summed E-state index contributed by atoms with van der Waals surface area (Å²) in [6.07, 6.45) is 6.13. The van der Waals surface area contributed by atoms with E-state index in [1.165, 1.54) is 16.0 Å². The molecule has 0 unspecified atom stereocenters. The molecule has 0 aliphatic heterocycles. The molecule has 0 fully saturated rings. The highest BCUT2D eigenvalue weighted by molar-refractivity contribution is 7.98. The average Bonchev–Trinajstić information content (AvgIpc) is 3.03. The fourth-order valence-electron chi connectivity index (χ4n) is 2.71. The lowest BCUT2D eigenvalue weighted by Crippen LogP contribution is -1.92. The topological polar surface area (TPSA) is 17.3 Å². The van der Waals surface area contributed by atoms with Gasteiger partial charge in [0.15, 0.2) is 0 Å². The SMILES string of the molecule is CSc1cc(-c2ccccc2)cc2c1ncc1cccn12. The molecule has 0 aliphatic rings. The summed E-state index contributed by atoms with van der Waals surface area (Å²) in [5, 5.41) is 0. The second kappa shape index (κ2) is 4.93. The van der Waals surface area contributed by atoms with E-state index in [9.17, 15) is 0 Å². The van der Waals surface area contributed by atoms with Gasteiger partial charge < -0.3 is 4.40 Å². The van der Waals surface area contributed by atoms with Crippen molar-refractivity contribution in [2.24, 2.45) is 0 Å². The molecule has 0 saturated heterocycles. The predicted molar refractivity (Wildman–Crippen MR) is 89.9 cm³/mol. The van der Waals surface area contributed by atoms with Gasteiger partial charge in [0.1, 0.15) is 5.52 Å². The van der Waals surface area contributed by atoms with Crippen LogP contribution in [0.5, 0.6) is 0 Å². The van der Waals surface area contributed by atoms with E-state index < -0.39 is 0 Å². The lowest BCUT2D eigenvalue weighted by molar-refractivity contribution is 1.21. The van der Waals surface area contributed by atoms with Crippen molar-refractivity contribution in [1.82, 2.24) is 9.38 Å². The number of benzene rings is 2. The first-order chi connectivity index (χ1) is 10.4. The van der Waals surface area contributed by atoms with Gasteiger partial charge in [0.25, 0.3) is 0 Å². The minimum absolute atomic E-state index is 1.06. The van der Waals surface area contributed by atoms with Crippen LogP contribution in [0.4, 0.5) is 0 Å². The fraction of sp³-hybridized carbons (Fsp3) is 0.0556. The van der Waals surface area contributed by atoms with E-state index in [0.29, 0.717) is 0 Å². The summed E-state index contributed by atoms with van der Waals surface area (Å²) in [5.41, 5.74) is 5.81. The molecule has 2 heterocycles. The Hall–Kier alpha value is -2.26. The molecule has 0 amide bonds. The van der Waals surface area contributed by atoms with Gasteiger partial charge in [-0.15, -0.1) is 11.8 Å². The van der Waals surface area contributed by atoms with Gasteiger partial charge in [0, 0.05) is 11.1 Å². The third-order valence-electron chi connectivity index (χ3n) is 3.75. The van der Waals surface area contributed by atoms with Gasteiger partial charge in [-0.2, -0.15) is 0 Å². The van der Waals surface area contributed by atoms with Crippen molar-refractivity contribution in [2.45, 2.75) is 4.90 Å². The Morgan fingerprint density at radius 1 is 0.952 bits per heavy atom. The first-order valence-electron chi connectivity index (χ1n) is 6.86. The van der Waals surface area contributed by atoms with E-state index in [-0.39, 0.29) is 0 Å². The molecule has 2 nitrogen and oxygen atoms in total. The zero-order chi connectivity index (χ0) is 14.2. The molecule has 0 atom stereocenters. The Morgan fingerprint density at radius 2 is 1.81 bits per heavy atom. The van der Waals surface area contributed by atoms with Crippen LogP contribution in [0, 0.1) is 0 Å². The highest BCUT2D eigenvalue weighted by Gasteiger charge is 2.09. The van der Waals surface area contributed by atoms with E-state index >= 15 is 0 Å². The number of hydrogen-bond donors (Lipinski definition) is 0. The summed E-state index contributed by atoms with van der Waals surface area (Å²) in [5.74, 6) is 0. The molecule has 4 rings (SSSR count). The van der Waals surface area contributed by atoms with Crippen molar-refractivity contribution < 1.29 is 0 Å². The van der Waals surface area contributed by atoms with Crippen LogP contribution in [-0.2, 0) is 0 Å². The van der Waals surface area contributed by atoms with Gasteiger partial charge in [-0.1, -0.05) is 30.3 Å². The molecule has 0 bridgehead atoms. The van der Waals surface area contributed by atoms with Gasteiger partial charge in [0.2, 0.25) is 0 Å². The number of rotatable bonds is 2. The number of thioether (sulfide) groups is 1. The summed E-state index contributed by atoms with van der Waals surface area (Å²) in [6, 6.07) is 19.1. The van der Waals surface area contributed by atoms with Crippen molar-refractivity contribution in [2.75, 3.05) is 6.26 Å². The molecule has 21 heavy (non-hydrogen) atoms. The quantitative estimate of drug-likeness (QED) is 0.490. The molecule has 4 aromatic rings. The minimum Gasteiger partial charge on any atom is -0.313 e. The maximum absolute atomic E-state index is 4.65. The molecule has 0 saturated carbocycles. The first-order valence-corrected chi connectivity index (χ1v) is 8.08. The molecule has 0 N–H and O–H groups in total. The zero-order valence-corrected chi connectivity index (χ0v) is 12.5. The smallest absolute Gasteiger partial charge is 0.101 e. The molecule has 0 radical (unpaired) electrons. The molecule has 102 valence electrons. The summed E-state index contributed by atoms with van der Waals surface area (Å²) in [7, 11) is 0. The lowest BCUT2D eigenvalue weighted by atomic mass is 10.0. The maximum Gasteiger partial charge on any atom is 0.101 e. The summed E-state index contributed by atoms with van der Waals surface area (Å²) < 4.78 is 2.20. The molecule has 2 aromatic carbocycles. The standard InChI is InChI=1S/C18H14N2S/c1-21-17-11-14(13-6-3-2-4-7-13)10-16-18(17)19-12-15-8-5-9-20(15)16/h2-12H,1H3. The average molecular weight is 290 g/mol. The second-order valence-corrected chi connectivity index (χ2v) is 5.82. The number of hydrogen-bond acceptors (Lipinski definition) is 2. The fourth-order valence-corrected chi connectivity index (χ4v) is 3.30. The molecular weight excluding hydrogens is 276 g/mol. The number of nitrogens with zero attached hydrogens (tertiary/aromatic N) is 2. The Morgan fingerprint density at radius 3 is 2.62 bits per heavy atom. The van der Waals surface area contributed by atoms with Crippen LogP contribution >= 0.6 is 11.8 Å². The van der Waals surface area contributed by atoms with Gasteiger partial charge in [-0.3, -0.25) is 4.98 Å². The summed E-state index contributed by atoms with van der Waals surface area (Å²) in [4.78, 5) is 5.86. The van der Waals surface area contributed by atoms with Crippen molar-refractivity contribution in [3.8, 4) is 11.1 Å². The first kappa shape index (κ1) is 12.5. The van der Waals surface area contributed by atoms with Crippen LogP contribution in [0.3, 0.4) is 0 Å². The monoisotopic (exact) mass is 290 g/mol. The minimum atomic E-state index is 1.06. The maximum atomic E-state index is 4.65. The highest BCUT2D eigenvalue weighted by Crippen LogP contribution is 2.31. The van der Waals surface area contributed by atoms with Crippen molar-refractivity contribution in [1.29, 1.82) is 0 Å². The number of fused-ring (bicyclic) bond motifs is 3. The Kier molecular flexibility index (Phi) is 2.93. The second-order valence-electron chi connectivity index (χ2n) is 4.97. The molecule has 3 heteroatoms. The predicted octanol–water partition coefficient (Wildman–Crippen LogP) is 4.88. The van der Waals surface area contributed by atoms with Crippen LogP contribution in [0.15, 0.2) is 71.9 Å². The van der Waals surface area contributed by atoms with Gasteiger partial charge in [-0.05, 0) is 41.6 Å². The molecule has 2 aromatic heterocycles. The Bertz CT molecular complexity index is 926. The van der Waals surface area contributed by atoms with Crippen molar-refractivity contribution >= 4 is 28.3 Å². The van der Waals surface area contributed by atoms with Gasteiger partial charge in [-0.25, -0.2) is 0 Å². The van der Waals surface area contributed by atoms with E-state index in [0.717, 1.165) is 16.6 Å². The Labute approximate surface area is 127 Å². The van der Waals surface area contributed by atoms with Crippen LogP contribution < -0.4 is 0 Å².